The Labute approximate surface area is 110 Å². The molecule has 1 heterocycles. The number of nitrogens with two attached hydrogens (primary N) is 1. The number of methoxy groups -OCH3 is 1. The summed E-state index contributed by atoms with van der Waals surface area (Å²) < 4.78 is 5.41. The van der Waals surface area contributed by atoms with Crippen molar-refractivity contribution in [3.05, 3.63) is 23.8 Å². The minimum Gasteiger partial charge on any atom is -0.496 e. The molecule has 1 aromatic rings. The Kier molecular flexibility index (Phi) is 4.12. The van der Waals surface area contributed by atoms with E-state index in [1.54, 1.807) is 7.11 Å². The third-order valence-electron chi connectivity index (χ3n) is 4.12. The van der Waals surface area contributed by atoms with Gasteiger partial charge in [-0.15, -0.1) is 0 Å². The largest absolute Gasteiger partial charge is 0.496 e. The fourth-order valence-electron chi connectivity index (χ4n) is 2.66. The van der Waals surface area contributed by atoms with Gasteiger partial charge in [0.2, 0.25) is 0 Å². The van der Waals surface area contributed by atoms with Gasteiger partial charge in [-0.25, -0.2) is 0 Å². The minimum absolute atomic E-state index is 0.769. The first kappa shape index (κ1) is 13.2. The van der Waals surface area contributed by atoms with E-state index in [-0.39, 0.29) is 0 Å². The first-order chi connectivity index (χ1) is 8.60. The van der Waals surface area contributed by atoms with Gasteiger partial charge in [-0.3, -0.25) is 4.90 Å². The lowest BCUT2D eigenvalue weighted by atomic mass is 9.88. The van der Waals surface area contributed by atoms with Crippen LogP contribution in [0.3, 0.4) is 0 Å². The predicted octanol–water partition coefficient (Wildman–Crippen LogP) is 2.76. The standard InChI is InChI=1S/C15H24N2O/c1-11-6-7-17(9-12(11)2)10-13-8-14(16)4-5-15(13)18-3/h4-5,8,11-12H,6-7,9-10,16H2,1-3H3. The molecule has 1 fully saturated rings. The van der Waals surface area contributed by atoms with Gasteiger partial charge in [0, 0.05) is 24.3 Å². The van der Waals surface area contributed by atoms with E-state index in [1.165, 1.54) is 25.1 Å². The van der Waals surface area contributed by atoms with Crippen molar-refractivity contribution in [2.24, 2.45) is 11.8 Å². The second-order valence-corrected chi connectivity index (χ2v) is 5.55. The van der Waals surface area contributed by atoms with E-state index in [0.29, 0.717) is 0 Å². The number of likely N-dealkylation sites (tertiary alicyclic amines) is 1. The van der Waals surface area contributed by atoms with Crippen LogP contribution in [-0.2, 0) is 6.54 Å². The summed E-state index contributed by atoms with van der Waals surface area (Å²) in [6, 6.07) is 5.88. The smallest absolute Gasteiger partial charge is 0.123 e. The molecule has 0 bridgehead atoms. The summed E-state index contributed by atoms with van der Waals surface area (Å²) in [5.41, 5.74) is 7.87. The van der Waals surface area contributed by atoms with Gasteiger partial charge >= 0.3 is 0 Å². The molecule has 0 amide bonds. The lowest BCUT2D eigenvalue weighted by Gasteiger charge is -2.35. The van der Waals surface area contributed by atoms with Gasteiger partial charge in [0.05, 0.1) is 7.11 Å². The number of ether oxygens (including phenoxy) is 1. The Bertz CT molecular complexity index is 405. The molecule has 1 aliphatic heterocycles. The molecule has 3 heteroatoms. The van der Waals surface area contributed by atoms with Gasteiger partial charge in [0.1, 0.15) is 5.75 Å². The maximum absolute atomic E-state index is 5.86. The number of benzene rings is 1. The van der Waals surface area contributed by atoms with E-state index in [4.69, 9.17) is 10.5 Å². The molecule has 3 nitrogen and oxygen atoms in total. The second kappa shape index (κ2) is 5.61. The zero-order valence-electron chi connectivity index (χ0n) is 11.6. The third-order valence-corrected chi connectivity index (χ3v) is 4.12. The van der Waals surface area contributed by atoms with Gasteiger partial charge < -0.3 is 10.5 Å². The van der Waals surface area contributed by atoms with Crippen molar-refractivity contribution in [1.82, 2.24) is 4.90 Å². The highest BCUT2D eigenvalue weighted by molar-refractivity contribution is 5.47. The number of nitrogen functional groups attached to an aromatic ring is 1. The number of nitrogens with zero attached hydrogens (tertiary/aromatic N) is 1. The van der Waals surface area contributed by atoms with Crippen LogP contribution in [0.5, 0.6) is 5.75 Å². The van der Waals surface area contributed by atoms with Crippen LogP contribution in [0.15, 0.2) is 18.2 Å². The molecule has 0 saturated carbocycles. The maximum atomic E-state index is 5.86. The van der Waals surface area contributed by atoms with Crippen LogP contribution in [0.25, 0.3) is 0 Å². The lowest BCUT2D eigenvalue weighted by Crippen LogP contribution is -2.37. The Morgan fingerprint density at radius 1 is 1.33 bits per heavy atom. The monoisotopic (exact) mass is 248 g/mol. The fourth-order valence-corrected chi connectivity index (χ4v) is 2.66. The topological polar surface area (TPSA) is 38.5 Å². The van der Waals surface area contributed by atoms with E-state index in [2.05, 4.69) is 18.7 Å². The van der Waals surface area contributed by atoms with Crippen molar-refractivity contribution < 1.29 is 4.74 Å². The van der Waals surface area contributed by atoms with Crippen LogP contribution in [0.2, 0.25) is 0 Å². The first-order valence-corrected chi connectivity index (χ1v) is 6.75. The number of anilines is 1. The molecule has 0 radical (unpaired) electrons. The SMILES string of the molecule is COc1ccc(N)cc1CN1CCC(C)C(C)C1. The molecule has 2 rings (SSSR count). The Morgan fingerprint density at radius 3 is 2.78 bits per heavy atom. The Morgan fingerprint density at radius 2 is 2.11 bits per heavy atom. The summed E-state index contributed by atoms with van der Waals surface area (Å²) >= 11 is 0. The highest BCUT2D eigenvalue weighted by Gasteiger charge is 2.23. The molecule has 2 N–H and O–H groups in total. The summed E-state index contributed by atoms with van der Waals surface area (Å²) in [6.07, 6.45) is 1.28. The Balaban J connectivity index is 2.07. The van der Waals surface area contributed by atoms with Crippen molar-refractivity contribution in [3.8, 4) is 5.75 Å². The number of piperidine rings is 1. The van der Waals surface area contributed by atoms with Crippen molar-refractivity contribution in [2.45, 2.75) is 26.8 Å². The Hall–Kier alpha value is -1.22. The van der Waals surface area contributed by atoms with Crippen molar-refractivity contribution in [1.29, 1.82) is 0 Å². The fraction of sp³-hybridized carbons (Fsp3) is 0.600. The van der Waals surface area contributed by atoms with Crippen LogP contribution >= 0.6 is 0 Å². The second-order valence-electron chi connectivity index (χ2n) is 5.55. The summed E-state index contributed by atoms with van der Waals surface area (Å²) in [4.78, 5) is 2.50. The molecule has 2 atom stereocenters. The van der Waals surface area contributed by atoms with Crippen molar-refractivity contribution in [3.63, 3.8) is 0 Å². The molecule has 100 valence electrons. The molecule has 18 heavy (non-hydrogen) atoms. The number of hydrogen-bond donors (Lipinski definition) is 1. The van der Waals surface area contributed by atoms with Crippen LogP contribution < -0.4 is 10.5 Å². The molecule has 1 saturated heterocycles. The number of rotatable bonds is 3. The number of hydrogen-bond acceptors (Lipinski definition) is 3. The van der Waals surface area contributed by atoms with Crippen LogP contribution in [0, 0.1) is 11.8 Å². The quantitative estimate of drug-likeness (QED) is 0.836. The third kappa shape index (κ3) is 2.96. The van der Waals surface area contributed by atoms with Crippen molar-refractivity contribution in [2.75, 3.05) is 25.9 Å². The van der Waals surface area contributed by atoms with Gasteiger partial charge in [-0.2, -0.15) is 0 Å². The van der Waals surface area contributed by atoms with Gasteiger partial charge in [0.15, 0.2) is 0 Å². The normalized spacial score (nSPS) is 25.1. The summed E-state index contributed by atoms with van der Waals surface area (Å²) in [6.45, 7) is 7.96. The summed E-state index contributed by atoms with van der Waals surface area (Å²) in [5.74, 6) is 2.55. The minimum atomic E-state index is 0.769. The molecule has 0 aromatic heterocycles. The zero-order valence-corrected chi connectivity index (χ0v) is 11.6. The van der Waals surface area contributed by atoms with Gasteiger partial charge in [0.25, 0.3) is 0 Å². The first-order valence-electron chi connectivity index (χ1n) is 6.75. The van der Waals surface area contributed by atoms with Gasteiger partial charge in [-0.05, 0) is 43.0 Å². The van der Waals surface area contributed by atoms with E-state index in [1.807, 2.05) is 18.2 Å². The molecule has 0 spiro atoms. The van der Waals surface area contributed by atoms with Gasteiger partial charge in [-0.1, -0.05) is 13.8 Å². The highest BCUT2D eigenvalue weighted by atomic mass is 16.5. The van der Waals surface area contributed by atoms with Crippen LogP contribution in [-0.4, -0.2) is 25.1 Å². The van der Waals surface area contributed by atoms with Crippen LogP contribution in [0.1, 0.15) is 25.8 Å². The summed E-state index contributed by atoms with van der Waals surface area (Å²) in [5, 5.41) is 0. The molecule has 0 aliphatic carbocycles. The molecule has 1 aromatic carbocycles. The molecule has 2 unspecified atom stereocenters. The maximum Gasteiger partial charge on any atom is 0.123 e. The van der Waals surface area contributed by atoms with Crippen molar-refractivity contribution >= 4 is 5.69 Å². The van der Waals surface area contributed by atoms with E-state index in [0.717, 1.165) is 29.8 Å². The molecule has 1 aliphatic rings. The average Bonchev–Trinajstić information content (AvgIpc) is 2.34. The summed E-state index contributed by atoms with van der Waals surface area (Å²) in [7, 11) is 1.72. The van der Waals surface area contributed by atoms with Crippen LogP contribution in [0.4, 0.5) is 5.69 Å². The van der Waals surface area contributed by atoms with E-state index >= 15 is 0 Å². The highest BCUT2D eigenvalue weighted by Crippen LogP contribution is 2.27. The molecular weight excluding hydrogens is 224 g/mol. The predicted molar refractivity (Wildman–Crippen MR) is 75.6 cm³/mol. The average molecular weight is 248 g/mol. The zero-order chi connectivity index (χ0) is 13.1. The van der Waals surface area contributed by atoms with E-state index in [9.17, 15) is 0 Å². The molecular formula is C15H24N2O. The lowest BCUT2D eigenvalue weighted by molar-refractivity contribution is 0.131. The van der Waals surface area contributed by atoms with E-state index < -0.39 is 0 Å².